The standard InChI is InChI=1S/C14H28N4S2/c1-10(2)8-9-15-13(19)17-18-14(20)16-12-7-5-4-6-11(12)3/h10-12H,4-9H2,1-3H3,(H2,15,17,19)(H2,16,18,20)/t11-,12-/m0/s1. The van der Waals surface area contributed by atoms with Crippen molar-refractivity contribution in [3.63, 3.8) is 0 Å². The summed E-state index contributed by atoms with van der Waals surface area (Å²) in [6.45, 7) is 7.55. The summed E-state index contributed by atoms with van der Waals surface area (Å²) in [5.41, 5.74) is 5.88. The van der Waals surface area contributed by atoms with Gasteiger partial charge < -0.3 is 10.6 Å². The topological polar surface area (TPSA) is 48.1 Å². The van der Waals surface area contributed by atoms with Crippen LogP contribution in [0.3, 0.4) is 0 Å². The molecule has 0 aromatic heterocycles. The fraction of sp³-hybridized carbons (Fsp3) is 0.857. The molecule has 1 fully saturated rings. The van der Waals surface area contributed by atoms with E-state index in [0.29, 0.717) is 28.1 Å². The van der Waals surface area contributed by atoms with Gasteiger partial charge in [-0.1, -0.05) is 33.6 Å². The lowest BCUT2D eigenvalue weighted by atomic mass is 9.86. The summed E-state index contributed by atoms with van der Waals surface area (Å²) in [7, 11) is 0. The molecule has 0 heterocycles. The van der Waals surface area contributed by atoms with Crippen molar-refractivity contribution in [2.45, 2.75) is 58.9 Å². The summed E-state index contributed by atoms with van der Waals surface area (Å²) in [5, 5.41) is 7.73. The van der Waals surface area contributed by atoms with E-state index in [1.165, 1.54) is 25.7 Å². The van der Waals surface area contributed by atoms with Gasteiger partial charge in [-0.05, 0) is 55.5 Å². The minimum atomic E-state index is 0.480. The Balaban J connectivity index is 2.14. The van der Waals surface area contributed by atoms with Gasteiger partial charge in [-0.2, -0.15) is 0 Å². The molecule has 4 nitrogen and oxygen atoms in total. The molecule has 1 rings (SSSR count). The van der Waals surface area contributed by atoms with Crippen LogP contribution in [0.25, 0.3) is 0 Å². The van der Waals surface area contributed by atoms with Gasteiger partial charge in [0.1, 0.15) is 0 Å². The molecule has 0 spiro atoms. The van der Waals surface area contributed by atoms with E-state index in [2.05, 4.69) is 42.3 Å². The van der Waals surface area contributed by atoms with Crippen LogP contribution in [-0.4, -0.2) is 22.8 Å². The predicted molar refractivity (Wildman–Crippen MR) is 93.5 cm³/mol. The molecule has 1 aliphatic carbocycles. The van der Waals surface area contributed by atoms with Crippen molar-refractivity contribution in [1.82, 2.24) is 21.5 Å². The van der Waals surface area contributed by atoms with E-state index in [1.54, 1.807) is 0 Å². The fourth-order valence-corrected chi connectivity index (χ4v) is 2.72. The molecule has 1 aliphatic rings. The van der Waals surface area contributed by atoms with E-state index in [1.807, 2.05) is 0 Å². The Kier molecular flexibility index (Phi) is 8.14. The van der Waals surface area contributed by atoms with Gasteiger partial charge in [-0.3, -0.25) is 10.9 Å². The number of hydrazine groups is 1. The maximum Gasteiger partial charge on any atom is 0.185 e. The summed E-state index contributed by atoms with van der Waals surface area (Å²) in [4.78, 5) is 0. The van der Waals surface area contributed by atoms with Crippen LogP contribution in [0.15, 0.2) is 0 Å². The molecule has 0 amide bonds. The smallest absolute Gasteiger partial charge is 0.185 e. The Morgan fingerprint density at radius 3 is 2.40 bits per heavy atom. The zero-order valence-electron chi connectivity index (χ0n) is 12.8. The summed E-state index contributed by atoms with van der Waals surface area (Å²) >= 11 is 10.5. The van der Waals surface area contributed by atoms with Gasteiger partial charge in [-0.15, -0.1) is 0 Å². The first-order chi connectivity index (χ1) is 9.49. The minimum Gasteiger partial charge on any atom is -0.361 e. The fourth-order valence-electron chi connectivity index (χ4n) is 2.37. The van der Waals surface area contributed by atoms with Crippen LogP contribution in [-0.2, 0) is 0 Å². The van der Waals surface area contributed by atoms with Crippen molar-refractivity contribution in [3.05, 3.63) is 0 Å². The number of thiocarbonyl (C=S) groups is 2. The highest BCUT2D eigenvalue weighted by atomic mass is 32.1. The lowest BCUT2D eigenvalue weighted by Gasteiger charge is -2.30. The first-order valence-electron chi connectivity index (χ1n) is 7.59. The van der Waals surface area contributed by atoms with Crippen molar-refractivity contribution in [2.75, 3.05) is 6.54 Å². The number of hydrogen-bond donors (Lipinski definition) is 4. The zero-order valence-corrected chi connectivity index (χ0v) is 14.4. The van der Waals surface area contributed by atoms with Crippen molar-refractivity contribution < 1.29 is 0 Å². The molecule has 20 heavy (non-hydrogen) atoms. The van der Waals surface area contributed by atoms with E-state index in [-0.39, 0.29) is 0 Å². The molecule has 0 saturated heterocycles. The third-order valence-electron chi connectivity index (χ3n) is 3.72. The highest BCUT2D eigenvalue weighted by Crippen LogP contribution is 2.23. The monoisotopic (exact) mass is 316 g/mol. The van der Waals surface area contributed by atoms with Crippen molar-refractivity contribution >= 4 is 34.7 Å². The summed E-state index contributed by atoms with van der Waals surface area (Å²) in [6.07, 6.45) is 6.20. The first-order valence-corrected chi connectivity index (χ1v) is 8.41. The van der Waals surface area contributed by atoms with E-state index in [4.69, 9.17) is 24.4 Å². The normalized spacial score (nSPS) is 22.2. The number of rotatable bonds is 4. The quantitative estimate of drug-likeness (QED) is 0.472. The molecule has 0 aromatic carbocycles. The van der Waals surface area contributed by atoms with Gasteiger partial charge in [-0.25, -0.2) is 0 Å². The van der Waals surface area contributed by atoms with Gasteiger partial charge in [0, 0.05) is 12.6 Å². The van der Waals surface area contributed by atoms with Gasteiger partial charge >= 0.3 is 0 Å². The Bertz CT molecular complexity index is 320. The summed E-state index contributed by atoms with van der Waals surface area (Å²) in [5.74, 6) is 1.36. The van der Waals surface area contributed by atoms with Crippen LogP contribution in [0.5, 0.6) is 0 Å². The molecule has 1 saturated carbocycles. The molecular weight excluding hydrogens is 288 g/mol. The van der Waals surface area contributed by atoms with Crippen molar-refractivity contribution in [1.29, 1.82) is 0 Å². The second-order valence-electron chi connectivity index (χ2n) is 6.03. The average molecular weight is 317 g/mol. The Labute approximate surface area is 133 Å². The molecule has 0 bridgehead atoms. The van der Waals surface area contributed by atoms with Gasteiger partial charge in [0.25, 0.3) is 0 Å². The third kappa shape index (κ3) is 7.24. The second kappa shape index (κ2) is 9.34. The highest BCUT2D eigenvalue weighted by Gasteiger charge is 2.21. The number of nitrogens with one attached hydrogen (secondary N) is 4. The van der Waals surface area contributed by atoms with Crippen molar-refractivity contribution in [2.24, 2.45) is 11.8 Å². The second-order valence-corrected chi connectivity index (χ2v) is 6.85. The first kappa shape index (κ1) is 17.4. The maximum absolute atomic E-state index is 5.29. The van der Waals surface area contributed by atoms with Crippen molar-refractivity contribution in [3.8, 4) is 0 Å². The van der Waals surface area contributed by atoms with Crippen LogP contribution in [0.1, 0.15) is 52.9 Å². The molecule has 116 valence electrons. The lowest BCUT2D eigenvalue weighted by molar-refractivity contribution is 0.308. The SMILES string of the molecule is CC(C)CCNC(=S)NNC(=S)N[C@H]1CCCC[C@@H]1C. The summed E-state index contributed by atoms with van der Waals surface area (Å²) < 4.78 is 0. The molecular formula is C14H28N4S2. The summed E-state index contributed by atoms with van der Waals surface area (Å²) in [6, 6.07) is 0.480. The predicted octanol–water partition coefficient (Wildman–Crippen LogP) is 2.45. The zero-order chi connectivity index (χ0) is 15.0. The van der Waals surface area contributed by atoms with Gasteiger partial charge in [0.2, 0.25) is 0 Å². The average Bonchev–Trinajstić information content (AvgIpc) is 2.39. The number of hydrogen-bond acceptors (Lipinski definition) is 2. The minimum absolute atomic E-state index is 0.480. The van der Waals surface area contributed by atoms with E-state index < -0.39 is 0 Å². The van der Waals surface area contributed by atoms with Gasteiger partial charge in [0.15, 0.2) is 10.2 Å². The molecule has 4 N–H and O–H groups in total. The molecule has 0 aromatic rings. The molecule has 0 radical (unpaired) electrons. The highest BCUT2D eigenvalue weighted by molar-refractivity contribution is 7.80. The van der Waals surface area contributed by atoms with E-state index in [9.17, 15) is 0 Å². The van der Waals surface area contributed by atoms with Crippen LogP contribution in [0, 0.1) is 11.8 Å². The van der Waals surface area contributed by atoms with E-state index >= 15 is 0 Å². The third-order valence-corrected chi connectivity index (χ3v) is 4.19. The molecule has 0 aliphatic heterocycles. The Hall–Kier alpha value is -0.620. The molecule has 6 heteroatoms. The molecule has 2 atom stereocenters. The van der Waals surface area contributed by atoms with Crippen LogP contribution in [0.4, 0.5) is 0 Å². The van der Waals surface area contributed by atoms with Crippen LogP contribution >= 0.6 is 24.4 Å². The Morgan fingerprint density at radius 2 is 1.75 bits per heavy atom. The largest absolute Gasteiger partial charge is 0.361 e. The van der Waals surface area contributed by atoms with E-state index in [0.717, 1.165) is 13.0 Å². The Morgan fingerprint density at radius 1 is 1.10 bits per heavy atom. The maximum atomic E-state index is 5.29. The molecule has 0 unspecified atom stereocenters. The lowest BCUT2D eigenvalue weighted by Crippen LogP contribution is -2.53. The van der Waals surface area contributed by atoms with Crippen LogP contribution in [0.2, 0.25) is 0 Å². The van der Waals surface area contributed by atoms with Crippen LogP contribution < -0.4 is 21.5 Å². The van der Waals surface area contributed by atoms with Gasteiger partial charge in [0.05, 0.1) is 0 Å².